The zero-order valence-electron chi connectivity index (χ0n) is 9.83. The number of H-pyrrole nitrogens is 1. The summed E-state index contributed by atoms with van der Waals surface area (Å²) in [6.07, 6.45) is 0. The lowest BCUT2D eigenvalue weighted by molar-refractivity contribution is 0.364. The molecule has 0 spiro atoms. The van der Waals surface area contributed by atoms with E-state index >= 15 is 0 Å². The first-order valence-corrected chi connectivity index (χ1v) is 5.06. The van der Waals surface area contributed by atoms with Gasteiger partial charge in [-0.3, -0.25) is 4.98 Å². The maximum atomic E-state index is 11.3. The van der Waals surface area contributed by atoms with Crippen LogP contribution in [0.5, 0.6) is 0 Å². The van der Waals surface area contributed by atoms with Crippen LogP contribution < -0.4 is 11.4 Å². The van der Waals surface area contributed by atoms with E-state index in [9.17, 15) is 4.79 Å². The quantitative estimate of drug-likeness (QED) is 0.687. The molecule has 0 amide bonds. The molecule has 2 heterocycles. The van der Waals surface area contributed by atoms with Crippen LogP contribution in [0.25, 0.3) is 11.0 Å². The fourth-order valence-electron chi connectivity index (χ4n) is 1.70. The molecule has 2 aromatic rings. The molecule has 0 unspecified atom stereocenters. The van der Waals surface area contributed by atoms with Gasteiger partial charge in [0.1, 0.15) is 5.82 Å². The van der Waals surface area contributed by atoms with Crippen molar-refractivity contribution in [1.82, 2.24) is 19.7 Å². The SMILES string of the molecule is Cc1nn(C(C)(C)C)c2nc(=O)[nH]c(N)c12. The summed E-state index contributed by atoms with van der Waals surface area (Å²) in [6.45, 7) is 7.84. The van der Waals surface area contributed by atoms with Gasteiger partial charge in [0.15, 0.2) is 5.65 Å². The molecule has 0 saturated heterocycles. The number of nitrogens with one attached hydrogen (secondary N) is 1. The molecular formula is C10H15N5O. The average Bonchev–Trinajstić information content (AvgIpc) is 2.41. The van der Waals surface area contributed by atoms with Crippen molar-refractivity contribution in [2.24, 2.45) is 0 Å². The minimum absolute atomic E-state index is 0.236. The minimum atomic E-state index is -0.449. The number of fused-ring (bicyclic) bond motifs is 1. The maximum absolute atomic E-state index is 11.3. The van der Waals surface area contributed by atoms with Crippen LogP contribution in [0.1, 0.15) is 26.5 Å². The van der Waals surface area contributed by atoms with Gasteiger partial charge < -0.3 is 5.73 Å². The fraction of sp³-hybridized carbons (Fsp3) is 0.500. The predicted molar refractivity (Wildman–Crippen MR) is 62.3 cm³/mol. The Balaban J connectivity index is 2.95. The first kappa shape index (κ1) is 10.7. The van der Waals surface area contributed by atoms with E-state index in [2.05, 4.69) is 15.1 Å². The van der Waals surface area contributed by atoms with Gasteiger partial charge >= 0.3 is 5.69 Å². The highest BCUT2D eigenvalue weighted by atomic mass is 16.1. The number of hydrogen-bond acceptors (Lipinski definition) is 4. The van der Waals surface area contributed by atoms with Gasteiger partial charge in [0, 0.05) is 0 Å². The van der Waals surface area contributed by atoms with E-state index in [1.165, 1.54) is 0 Å². The van der Waals surface area contributed by atoms with Crippen molar-refractivity contribution in [3.05, 3.63) is 16.2 Å². The molecule has 0 bridgehead atoms. The van der Waals surface area contributed by atoms with Gasteiger partial charge in [-0.05, 0) is 27.7 Å². The van der Waals surface area contributed by atoms with E-state index in [1.54, 1.807) is 4.68 Å². The summed E-state index contributed by atoms with van der Waals surface area (Å²) < 4.78 is 1.73. The highest BCUT2D eigenvalue weighted by molar-refractivity contribution is 5.87. The Hall–Kier alpha value is -1.85. The molecule has 6 heteroatoms. The Morgan fingerprint density at radius 1 is 1.38 bits per heavy atom. The average molecular weight is 221 g/mol. The first-order chi connectivity index (χ1) is 7.30. The zero-order valence-corrected chi connectivity index (χ0v) is 9.83. The minimum Gasteiger partial charge on any atom is -0.384 e. The number of hydrogen-bond donors (Lipinski definition) is 2. The van der Waals surface area contributed by atoms with Crippen LogP contribution >= 0.6 is 0 Å². The van der Waals surface area contributed by atoms with Crippen molar-refractivity contribution in [2.75, 3.05) is 5.73 Å². The molecule has 2 aromatic heterocycles. The molecule has 0 aliphatic heterocycles. The van der Waals surface area contributed by atoms with E-state index in [4.69, 9.17) is 5.73 Å². The standard InChI is InChI=1S/C10H15N5O/c1-5-6-7(11)12-9(16)13-8(6)15(14-5)10(2,3)4/h1-4H3,(H3,11,12,13,16). The molecule has 0 aliphatic rings. The van der Waals surface area contributed by atoms with Crippen molar-refractivity contribution in [1.29, 1.82) is 0 Å². The van der Waals surface area contributed by atoms with Gasteiger partial charge in [0.25, 0.3) is 0 Å². The predicted octanol–water partition coefficient (Wildman–Crippen LogP) is 0.765. The molecule has 2 rings (SSSR count). The summed E-state index contributed by atoms with van der Waals surface area (Å²) in [5, 5.41) is 5.10. The maximum Gasteiger partial charge on any atom is 0.348 e. The van der Waals surface area contributed by atoms with E-state index in [0.717, 1.165) is 11.1 Å². The lowest BCUT2D eigenvalue weighted by atomic mass is 10.1. The largest absolute Gasteiger partial charge is 0.384 e. The molecule has 6 nitrogen and oxygen atoms in total. The third-order valence-corrected chi connectivity index (χ3v) is 2.39. The zero-order chi connectivity index (χ0) is 12.1. The number of nitrogens with zero attached hydrogens (tertiary/aromatic N) is 3. The van der Waals surface area contributed by atoms with Crippen molar-refractivity contribution in [3.63, 3.8) is 0 Å². The lowest BCUT2D eigenvalue weighted by Crippen LogP contribution is -2.25. The van der Waals surface area contributed by atoms with Crippen LogP contribution in [0.2, 0.25) is 0 Å². The van der Waals surface area contributed by atoms with Crippen LogP contribution in [-0.2, 0) is 5.54 Å². The number of aryl methyl sites for hydroxylation is 1. The number of rotatable bonds is 0. The summed E-state index contributed by atoms with van der Waals surface area (Å²) in [5.41, 5.74) is 6.38. The molecule has 0 radical (unpaired) electrons. The molecule has 0 saturated carbocycles. The molecule has 0 aliphatic carbocycles. The molecule has 3 N–H and O–H groups in total. The third-order valence-electron chi connectivity index (χ3n) is 2.39. The second kappa shape index (κ2) is 3.07. The van der Waals surface area contributed by atoms with Gasteiger partial charge in [-0.15, -0.1) is 0 Å². The van der Waals surface area contributed by atoms with E-state index in [0.29, 0.717) is 11.5 Å². The summed E-state index contributed by atoms with van der Waals surface area (Å²) in [7, 11) is 0. The van der Waals surface area contributed by atoms with Crippen molar-refractivity contribution >= 4 is 16.9 Å². The van der Waals surface area contributed by atoms with Gasteiger partial charge in [0.2, 0.25) is 0 Å². The molecule has 0 aromatic carbocycles. The van der Waals surface area contributed by atoms with Gasteiger partial charge in [-0.1, -0.05) is 0 Å². The Morgan fingerprint density at radius 3 is 2.56 bits per heavy atom. The van der Waals surface area contributed by atoms with E-state index in [-0.39, 0.29) is 5.54 Å². The van der Waals surface area contributed by atoms with Crippen LogP contribution in [0.15, 0.2) is 4.79 Å². The Kier molecular flexibility index (Phi) is 2.04. The Morgan fingerprint density at radius 2 is 2.00 bits per heavy atom. The van der Waals surface area contributed by atoms with Gasteiger partial charge in [0.05, 0.1) is 16.6 Å². The number of nitrogens with two attached hydrogens (primary N) is 1. The number of aromatic amines is 1. The molecule has 0 atom stereocenters. The number of nitrogen functional groups attached to an aromatic ring is 1. The Bertz CT molecular complexity index is 602. The topological polar surface area (TPSA) is 89.6 Å². The third kappa shape index (κ3) is 1.46. The monoisotopic (exact) mass is 221 g/mol. The highest BCUT2D eigenvalue weighted by Gasteiger charge is 2.21. The lowest BCUT2D eigenvalue weighted by Gasteiger charge is -2.19. The van der Waals surface area contributed by atoms with E-state index < -0.39 is 5.69 Å². The highest BCUT2D eigenvalue weighted by Crippen LogP contribution is 2.24. The summed E-state index contributed by atoms with van der Waals surface area (Å²) in [4.78, 5) is 17.7. The van der Waals surface area contributed by atoms with Crippen molar-refractivity contribution < 1.29 is 0 Å². The number of anilines is 1. The van der Waals surface area contributed by atoms with Gasteiger partial charge in [-0.2, -0.15) is 10.1 Å². The van der Waals surface area contributed by atoms with Gasteiger partial charge in [-0.25, -0.2) is 9.48 Å². The Labute approximate surface area is 92.5 Å². The van der Waals surface area contributed by atoms with Crippen LogP contribution in [0.4, 0.5) is 5.82 Å². The first-order valence-electron chi connectivity index (χ1n) is 5.06. The summed E-state index contributed by atoms with van der Waals surface area (Å²) in [5.74, 6) is 0.322. The second-order valence-electron chi connectivity index (χ2n) is 4.82. The van der Waals surface area contributed by atoms with Crippen LogP contribution in [-0.4, -0.2) is 19.7 Å². The van der Waals surface area contributed by atoms with Crippen molar-refractivity contribution in [3.8, 4) is 0 Å². The molecule has 0 fully saturated rings. The van der Waals surface area contributed by atoms with Crippen LogP contribution in [0, 0.1) is 6.92 Å². The molecule has 86 valence electrons. The molecular weight excluding hydrogens is 206 g/mol. The number of aromatic nitrogens is 4. The van der Waals surface area contributed by atoms with Crippen molar-refractivity contribution in [2.45, 2.75) is 33.2 Å². The van der Waals surface area contributed by atoms with E-state index in [1.807, 2.05) is 27.7 Å². The fourth-order valence-corrected chi connectivity index (χ4v) is 1.70. The molecule has 16 heavy (non-hydrogen) atoms. The smallest absolute Gasteiger partial charge is 0.348 e. The summed E-state index contributed by atoms with van der Waals surface area (Å²) in [6, 6.07) is 0. The summed E-state index contributed by atoms with van der Waals surface area (Å²) >= 11 is 0. The normalized spacial score (nSPS) is 12.2. The van der Waals surface area contributed by atoms with Crippen LogP contribution in [0.3, 0.4) is 0 Å². The second-order valence-corrected chi connectivity index (χ2v) is 4.82.